The summed E-state index contributed by atoms with van der Waals surface area (Å²) in [6, 6.07) is 8.12. The van der Waals surface area contributed by atoms with Crippen molar-refractivity contribution in [3.63, 3.8) is 0 Å². The van der Waals surface area contributed by atoms with Gasteiger partial charge in [0.1, 0.15) is 5.82 Å². The number of thiazole rings is 1. The Morgan fingerprint density at radius 2 is 2.19 bits per heavy atom. The highest BCUT2D eigenvalue weighted by Gasteiger charge is 2.25. The van der Waals surface area contributed by atoms with Gasteiger partial charge in [-0.25, -0.2) is 9.37 Å². The van der Waals surface area contributed by atoms with E-state index in [1.165, 1.54) is 23.5 Å². The summed E-state index contributed by atoms with van der Waals surface area (Å²) in [6.07, 6.45) is 5.18. The molecule has 0 spiro atoms. The topological polar surface area (TPSA) is 63.9 Å². The molecule has 1 aromatic carbocycles. The fourth-order valence-corrected chi connectivity index (χ4v) is 3.84. The standard InChI is InChI=1S/C19H16FN5OS/c1-12-10-24(2)23-17(12)18(26)25(11-13-4-3-7-21-9-13)19-22-15-6-5-14(20)8-16(15)27-19/h3-10H,11H2,1-2H3. The summed E-state index contributed by atoms with van der Waals surface area (Å²) >= 11 is 1.27. The SMILES string of the molecule is Cc1cn(C)nc1C(=O)N(Cc1cccnc1)c1nc2ccc(F)cc2s1. The van der Waals surface area contributed by atoms with Gasteiger partial charge in [-0.1, -0.05) is 17.4 Å². The van der Waals surface area contributed by atoms with Gasteiger partial charge in [0.25, 0.3) is 5.91 Å². The van der Waals surface area contributed by atoms with E-state index in [0.717, 1.165) is 11.1 Å². The van der Waals surface area contributed by atoms with E-state index in [1.54, 1.807) is 41.3 Å². The lowest BCUT2D eigenvalue weighted by atomic mass is 10.2. The van der Waals surface area contributed by atoms with Crippen molar-refractivity contribution in [1.29, 1.82) is 0 Å². The van der Waals surface area contributed by atoms with E-state index < -0.39 is 0 Å². The van der Waals surface area contributed by atoms with E-state index in [0.29, 0.717) is 27.6 Å². The second-order valence-corrected chi connectivity index (χ2v) is 7.20. The van der Waals surface area contributed by atoms with Crippen molar-refractivity contribution < 1.29 is 9.18 Å². The minimum absolute atomic E-state index is 0.253. The number of rotatable bonds is 4. The molecule has 0 saturated heterocycles. The Bertz CT molecular complexity index is 1120. The number of benzene rings is 1. The van der Waals surface area contributed by atoms with Gasteiger partial charge < -0.3 is 0 Å². The number of pyridine rings is 1. The number of aromatic nitrogens is 4. The molecular formula is C19H16FN5OS. The quantitative estimate of drug-likeness (QED) is 0.540. The van der Waals surface area contributed by atoms with Crippen molar-refractivity contribution in [2.75, 3.05) is 4.90 Å². The number of anilines is 1. The first kappa shape index (κ1) is 17.3. The van der Waals surface area contributed by atoms with Crippen molar-refractivity contribution in [3.8, 4) is 0 Å². The molecule has 0 aliphatic carbocycles. The van der Waals surface area contributed by atoms with Gasteiger partial charge in [0.2, 0.25) is 0 Å². The zero-order chi connectivity index (χ0) is 19.0. The van der Waals surface area contributed by atoms with Gasteiger partial charge in [0.05, 0.1) is 16.8 Å². The number of hydrogen-bond donors (Lipinski definition) is 0. The molecule has 4 aromatic rings. The second-order valence-electron chi connectivity index (χ2n) is 6.20. The normalized spacial score (nSPS) is 11.1. The highest BCUT2D eigenvalue weighted by atomic mass is 32.1. The highest BCUT2D eigenvalue weighted by Crippen LogP contribution is 2.31. The van der Waals surface area contributed by atoms with E-state index >= 15 is 0 Å². The lowest BCUT2D eigenvalue weighted by Gasteiger charge is -2.19. The van der Waals surface area contributed by atoms with E-state index in [-0.39, 0.29) is 11.7 Å². The molecule has 6 nitrogen and oxygen atoms in total. The number of halogens is 1. The highest BCUT2D eigenvalue weighted by molar-refractivity contribution is 7.22. The molecule has 3 heterocycles. The largest absolute Gasteiger partial charge is 0.281 e. The van der Waals surface area contributed by atoms with Crippen LogP contribution in [0.2, 0.25) is 0 Å². The first-order chi connectivity index (χ1) is 13.0. The molecule has 3 aromatic heterocycles. The first-order valence-electron chi connectivity index (χ1n) is 8.28. The molecule has 8 heteroatoms. The zero-order valence-corrected chi connectivity index (χ0v) is 15.6. The molecule has 0 aliphatic heterocycles. The average molecular weight is 381 g/mol. The minimum atomic E-state index is -0.330. The maximum atomic E-state index is 13.6. The molecule has 0 radical (unpaired) electrons. The van der Waals surface area contributed by atoms with Gasteiger partial charge in [-0.15, -0.1) is 0 Å². The predicted molar refractivity (Wildman–Crippen MR) is 102 cm³/mol. The van der Waals surface area contributed by atoms with Crippen molar-refractivity contribution in [3.05, 3.63) is 71.6 Å². The summed E-state index contributed by atoms with van der Waals surface area (Å²) in [5.74, 6) is -0.583. The molecule has 136 valence electrons. The van der Waals surface area contributed by atoms with Gasteiger partial charge in [-0.2, -0.15) is 5.10 Å². The van der Waals surface area contributed by atoms with Crippen molar-refractivity contribution in [2.45, 2.75) is 13.5 Å². The number of aryl methyl sites for hydroxylation is 2. The molecule has 0 atom stereocenters. The molecule has 0 unspecified atom stereocenters. The van der Waals surface area contributed by atoms with Crippen LogP contribution >= 0.6 is 11.3 Å². The van der Waals surface area contributed by atoms with Crippen LogP contribution in [-0.4, -0.2) is 25.7 Å². The Labute approximate surface area is 158 Å². The van der Waals surface area contributed by atoms with Gasteiger partial charge >= 0.3 is 0 Å². The fourth-order valence-electron chi connectivity index (χ4n) is 2.85. The lowest BCUT2D eigenvalue weighted by molar-refractivity contribution is 0.0979. The molecule has 27 heavy (non-hydrogen) atoms. The lowest BCUT2D eigenvalue weighted by Crippen LogP contribution is -2.31. The molecule has 0 aliphatic rings. The third kappa shape index (κ3) is 3.43. The monoisotopic (exact) mass is 381 g/mol. The van der Waals surface area contributed by atoms with Crippen LogP contribution in [-0.2, 0) is 13.6 Å². The molecule has 4 rings (SSSR count). The van der Waals surface area contributed by atoms with E-state index in [1.807, 2.05) is 19.1 Å². The third-order valence-corrected chi connectivity index (χ3v) is 5.13. The van der Waals surface area contributed by atoms with Gasteiger partial charge in [-0.3, -0.25) is 19.4 Å². The molecule has 0 bridgehead atoms. The van der Waals surface area contributed by atoms with Gasteiger partial charge in [0, 0.05) is 31.2 Å². The van der Waals surface area contributed by atoms with E-state index in [9.17, 15) is 9.18 Å². The Hall–Kier alpha value is -3.13. The summed E-state index contributed by atoms with van der Waals surface area (Å²) < 4.78 is 15.8. The van der Waals surface area contributed by atoms with Crippen molar-refractivity contribution in [1.82, 2.24) is 19.7 Å². The zero-order valence-electron chi connectivity index (χ0n) is 14.8. The van der Waals surface area contributed by atoms with Crippen molar-refractivity contribution >= 4 is 32.6 Å². The Balaban J connectivity index is 1.79. The van der Waals surface area contributed by atoms with Gasteiger partial charge in [0.15, 0.2) is 10.8 Å². The van der Waals surface area contributed by atoms with Crippen LogP contribution in [0.25, 0.3) is 10.2 Å². The number of carbonyl (C=O) groups excluding carboxylic acids is 1. The number of fused-ring (bicyclic) bond motifs is 1. The van der Waals surface area contributed by atoms with Crippen LogP contribution in [0.15, 0.2) is 48.9 Å². The number of carbonyl (C=O) groups is 1. The van der Waals surface area contributed by atoms with E-state index in [4.69, 9.17) is 0 Å². The average Bonchev–Trinajstić information content (AvgIpc) is 3.22. The fraction of sp³-hybridized carbons (Fsp3) is 0.158. The maximum Gasteiger partial charge on any atom is 0.281 e. The number of nitrogens with zero attached hydrogens (tertiary/aromatic N) is 5. The van der Waals surface area contributed by atoms with Crippen LogP contribution in [0.5, 0.6) is 0 Å². The summed E-state index contributed by atoms with van der Waals surface area (Å²) in [5, 5.41) is 4.79. The summed E-state index contributed by atoms with van der Waals surface area (Å²) in [5.41, 5.74) is 2.67. The smallest absolute Gasteiger partial charge is 0.278 e. The Morgan fingerprint density at radius 1 is 1.33 bits per heavy atom. The summed E-state index contributed by atoms with van der Waals surface area (Å²) in [4.78, 5) is 23.5. The van der Waals surface area contributed by atoms with Crippen LogP contribution < -0.4 is 4.90 Å². The van der Waals surface area contributed by atoms with Crippen LogP contribution in [0.4, 0.5) is 9.52 Å². The third-order valence-electron chi connectivity index (χ3n) is 4.09. The molecule has 1 amide bonds. The molecule has 0 N–H and O–H groups in total. The maximum absolute atomic E-state index is 13.6. The second kappa shape index (κ2) is 6.88. The number of hydrogen-bond acceptors (Lipinski definition) is 5. The minimum Gasteiger partial charge on any atom is -0.278 e. The molecule has 0 saturated carbocycles. The predicted octanol–water partition coefficient (Wildman–Crippen LogP) is 3.72. The Kier molecular flexibility index (Phi) is 4.41. The Morgan fingerprint density at radius 3 is 2.89 bits per heavy atom. The summed E-state index contributed by atoms with van der Waals surface area (Å²) in [7, 11) is 1.77. The van der Waals surface area contributed by atoms with Crippen LogP contribution in [0, 0.1) is 12.7 Å². The van der Waals surface area contributed by atoms with Crippen LogP contribution in [0.1, 0.15) is 21.6 Å². The van der Waals surface area contributed by atoms with Gasteiger partial charge in [-0.05, 0) is 36.8 Å². The van der Waals surface area contributed by atoms with E-state index in [2.05, 4.69) is 15.1 Å². The van der Waals surface area contributed by atoms with Crippen LogP contribution in [0.3, 0.4) is 0 Å². The summed E-state index contributed by atoms with van der Waals surface area (Å²) in [6.45, 7) is 2.14. The van der Waals surface area contributed by atoms with Crippen molar-refractivity contribution in [2.24, 2.45) is 7.05 Å². The molecular weight excluding hydrogens is 365 g/mol. The molecule has 0 fully saturated rings. The first-order valence-corrected chi connectivity index (χ1v) is 9.10. The number of amides is 1.